The molecule has 0 amide bonds. The fourth-order valence-electron chi connectivity index (χ4n) is 3.73. The molecule has 1 heterocycles. The quantitative estimate of drug-likeness (QED) is 0.146. The van der Waals surface area contributed by atoms with Crippen molar-refractivity contribution in [1.82, 2.24) is 14.5 Å². The smallest absolute Gasteiger partial charge is 0.168 e. The van der Waals surface area contributed by atoms with Crippen LogP contribution in [0.4, 0.5) is 4.39 Å². The highest BCUT2D eigenvalue weighted by Crippen LogP contribution is 2.26. The van der Waals surface area contributed by atoms with Crippen molar-refractivity contribution in [1.29, 1.82) is 0 Å². The molecule has 0 fully saturated rings. The molecule has 1 unspecified atom stereocenters. The van der Waals surface area contributed by atoms with Crippen LogP contribution in [0.1, 0.15) is 36.2 Å². The molecule has 3 aromatic rings. The summed E-state index contributed by atoms with van der Waals surface area (Å²) in [6.45, 7) is 5.09. The van der Waals surface area contributed by atoms with E-state index in [9.17, 15) is 9.60 Å². The molecule has 7 nitrogen and oxygen atoms in total. The van der Waals surface area contributed by atoms with Crippen molar-refractivity contribution in [3.05, 3.63) is 83.7 Å². The standard InChI is InChI=1S/C26H31FN4O3/c1-19-17-30(18-28-19)24-12-6-21(16-25(24)34-4)7-13-26(29-32)31(14-5-15-33-3)20(2)22-8-10-23(27)11-9-22/h6-13,16-18,20,32H,5,14-15H2,1-4H3/b13-7+,29-26?. The third-order valence-electron chi connectivity index (χ3n) is 5.58. The highest BCUT2D eigenvalue weighted by atomic mass is 19.1. The first-order chi connectivity index (χ1) is 16.5. The molecule has 0 aliphatic heterocycles. The van der Waals surface area contributed by atoms with Gasteiger partial charge in [-0.1, -0.05) is 29.4 Å². The lowest BCUT2D eigenvalue weighted by Gasteiger charge is -2.30. The lowest BCUT2D eigenvalue weighted by molar-refractivity contribution is 0.179. The van der Waals surface area contributed by atoms with Gasteiger partial charge in [0, 0.05) is 26.5 Å². The molecule has 3 rings (SSSR count). The average Bonchev–Trinajstić information content (AvgIpc) is 3.29. The van der Waals surface area contributed by atoms with Crippen LogP contribution in [-0.2, 0) is 4.74 Å². The van der Waals surface area contributed by atoms with Crippen molar-refractivity contribution in [2.75, 3.05) is 27.4 Å². The van der Waals surface area contributed by atoms with Gasteiger partial charge >= 0.3 is 0 Å². The number of hydrogen-bond donors (Lipinski definition) is 1. The van der Waals surface area contributed by atoms with Gasteiger partial charge in [-0.15, -0.1) is 0 Å². The Morgan fingerprint density at radius 2 is 2.00 bits per heavy atom. The van der Waals surface area contributed by atoms with Crippen LogP contribution in [0.5, 0.6) is 5.75 Å². The van der Waals surface area contributed by atoms with Gasteiger partial charge in [0.25, 0.3) is 0 Å². The minimum Gasteiger partial charge on any atom is -0.495 e. The third-order valence-corrected chi connectivity index (χ3v) is 5.58. The summed E-state index contributed by atoms with van der Waals surface area (Å²) in [6.07, 6.45) is 8.03. The molecule has 180 valence electrons. The highest BCUT2D eigenvalue weighted by molar-refractivity contribution is 5.96. The van der Waals surface area contributed by atoms with Gasteiger partial charge in [-0.05, 0) is 61.7 Å². The molecule has 0 saturated heterocycles. The van der Waals surface area contributed by atoms with E-state index < -0.39 is 0 Å². The Labute approximate surface area is 199 Å². The van der Waals surface area contributed by atoms with Gasteiger partial charge in [0.15, 0.2) is 5.84 Å². The summed E-state index contributed by atoms with van der Waals surface area (Å²) in [5, 5.41) is 13.4. The number of halogens is 1. The van der Waals surface area contributed by atoms with E-state index in [1.54, 1.807) is 38.8 Å². The predicted molar refractivity (Wildman–Crippen MR) is 131 cm³/mol. The topological polar surface area (TPSA) is 72.1 Å². The fourth-order valence-corrected chi connectivity index (χ4v) is 3.73. The van der Waals surface area contributed by atoms with E-state index in [2.05, 4.69) is 10.1 Å². The second-order valence-electron chi connectivity index (χ2n) is 7.91. The SMILES string of the molecule is COCCCN(C(/C=C/c1ccc(-n2cnc(C)c2)c(OC)c1)=NO)C(C)c1ccc(F)cc1. The molecular weight excluding hydrogens is 435 g/mol. The van der Waals surface area contributed by atoms with E-state index in [1.807, 2.05) is 53.8 Å². The number of oxime groups is 1. The average molecular weight is 467 g/mol. The summed E-state index contributed by atoms with van der Waals surface area (Å²) < 4.78 is 26.1. The molecule has 0 aliphatic rings. The van der Waals surface area contributed by atoms with Crippen LogP contribution in [-0.4, -0.2) is 52.9 Å². The first-order valence-corrected chi connectivity index (χ1v) is 11.1. The minimum absolute atomic E-state index is 0.144. The zero-order valence-electron chi connectivity index (χ0n) is 20.0. The van der Waals surface area contributed by atoms with E-state index in [4.69, 9.17) is 9.47 Å². The summed E-state index contributed by atoms with van der Waals surface area (Å²) in [7, 11) is 3.27. The Kier molecular flexibility index (Phi) is 8.81. The molecule has 1 N–H and O–H groups in total. The number of imidazole rings is 1. The summed E-state index contributed by atoms with van der Waals surface area (Å²) in [6, 6.07) is 12.0. The summed E-state index contributed by atoms with van der Waals surface area (Å²) in [5.74, 6) is 0.793. The summed E-state index contributed by atoms with van der Waals surface area (Å²) in [4.78, 5) is 6.23. The molecule has 1 atom stereocenters. The van der Waals surface area contributed by atoms with Crippen molar-refractivity contribution in [2.24, 2.45) is 5.16 Å². The molecule has 1 aromatic heterocycles. The summed E-state index contributed by atoms with van der Waals surface area (Å²) in [5.41, 5.74) is 3.58. The van der Waals surface area contributed by atoms with Crippen LogP contribution in [0.25, 0.3) is 11.8 Å². The zero-order chi connectivity index (χ0) is 24.5. The lowest BCUT2D eigenvalue weighted by Crippen LogP contribution is -2.34. The van der Waals surface area contributed by atoms with E-state index in [0.717, 1.165) is 28.9 Å². The highest BCUT2D eigenvalue weighted by Gasteiger charge is 2.19. The van der Waals surface area contributed by atoms with Gasteiger partial charge in [-0.2, -0.15) is 0 Å². The second-order valence-corrected chi connectivity index (χ2v) is 7.91. The number of benzene rings is 2. The molecule has 34 heavy (non-hydrogen) atoms. The van der Waals surface area contributed by atoms with Gasteiger partial charge in [0.05, 0.1) is 30.9 Å². The van der Waals surface area contributed by atoms with Crippen LogP contribution in [0.2, 0.25) is 0 Å². The largest absolute Gasteiger partial charge is 0.495 e. The zero-order valence-corrected chi connectivity index (χ0v) is 20.0. The Hall–Kier alpha value is -3.65. The first kappa shape index (κ1) is 25.0. The van der Waals surface area contributed by atoms with Gasteiger partial charge < -0.3 is 24.1 Å². The lowest BCUT2D eigenvalue weighted by atomic mass is 10.1. The first-order valence-electron chi connectivity index (χ1n) is 11.1. The Morgan fingerprint density at radius 3 is 2.62 bits per heavy atom. The second kappa shape index (κ2) is 12.0. The van der Waals surface area contributed by atoms with E-state index in [-0.39, 0.29) is 11.9 Å². The normalized spacial score (nSPS) is 12.8. The predicted octanol–water partition coefficient (Wildman–Crippen LogP) is 5.23. The molecule has 0 spiro atoms. The number of methoxy groups -OCH3 is 2. The van der Waals surface area contributed by atoms with Crippen LogP contribution < -0.4 is 4.74 Å². The third kappa shape index (κ3) is 6.23. The van der Waals surface area contributed by atoms with Crippen molar-refractivity contribution in [3.63, 3.8) is 0 Å². The van der Waals surface area contributed by atoms with Crippen LogP contribution >= 0.6 is 0 Å². The number of aryl methyl sites for hydroxylation is 1. The number of rotatable bonds is 10. The van der Waals surface area contributed by atoms with Crippen LogP contribution in [0.15, 0.2) is 66.2 Å². The number of nitrogens with zero attached hydrogens (tertiary/aromatic N) is 4. The monoisotopic (exact) mass is 466 g/mol. The fraction of sp³-hybridized carbons (Fsp3) is 0.308. The molecule has 2 aromatic carbocycles. The van der Waals surface area contributed by atoms with Gasteiger partial charge in [0.1, 0.15) is 11.6 Å². The molecular formula is C26H31FN4O3. The van der Waals surface area contributed by atoms with Gasteiger partial charge in [0.2, 0.25) is 0 Å². The maximum absolute atomic E-state index is 13.4. The summed E-state index contributed by atoms with van der Waals surface area (Å²) >= 11 is 0. The van der Waals surface area contributed by atoms with Gasteiger partial charge in [-0.25, -0.2) is 9.37 Å². The number of ether oxygens (including phenoxy) is 2. The maximum atomic E-state index is 13.4. The Morgan fingerprint density at radius 1 is 1.24 bits per heavy atom. The van der Waals surface area contributed by atoms with E-state index in [1.165, 1.54) is 12.1 Å². The van der Waals surface area contributed by atoms with Crippen molar-refractivity contribution < 1.29 is 19.1 Å². The minimum atomic E-state index is -0.291. The van der Waals surface area contributed by atoms with Crippen molar-refractivity contribution in [3.8, 4) is 11.4 Å². The molecule has 0 radical (unpaired) electrons. The van der Waals surface area contributed by atoms with Crippen molar-refractivity contribution in [2.45, 2.75) is 26.3 Å². The Balaban J connectivity index is 1.85. The van der Waals surface area contributed by atoms with E-state index in [0.29, 0.717) is 24.7 Å². The molecule has 0 saturated carbocycles. The number of hydrogen-bond acceptors (Lipinski definition) is 5. The van der Waals surface area contributed by atoms with E-state index >= 15 is 0 Å². The molecule has 8 heteroatoms. The number of amidine groups is 1. The van der Waals surface area contributed by atoms with Crippen LogP contribution in [0.3, 0.4) is 0 Å². The van der Waals surface area contributed by atoms with Crippen molar-refractivity contribution >= 4 is 11.9 Å². The maximum Gasteiger partial charge on any atom is 0.168 e. The molecule has 0 aliphatic carbocycles. The van der Waals surface area contributed by atoms with Crippen LogP contribution in [0, 0.1) is 12.7 Å². The molecule has 0 bridgehead atoms. The Bertz CT molecular complexity index is 1130. The van der Waals surface area contributed by atoms with Gasteiger partial charge in [-0.3, -0.25) is 0 Å². The number of aromatic nitrogens is 2.